The molecule has 0 radical (unpaired) electrons. The second kappa shape index (κ2) is 7.72. The van der Waals surface area contributed by atoms with E-state index in [9.17, 15) is 87.4 Å². The summed E-state index contributed by atoms with van der Waals surface area (Å²) in [4.78, 5) is 0. The number of allylic oxidation sites excluding steroid dienone is 2. The third-order valence-electron chi connectivity index (χ3n) is 3.28. The Hall–Kier alpha value is -1.61. The van der Waals surface area contributed by atoms with Gasteiger partial charge in [0.2, 0.25) is 12.0 Å². The van der Waals surface area contributed by atoms with Crippen molar-refractivity contribution in [2.75, 3.05) is 0 Å². The van der Waals surface area contributed by atoms with Crippen molar-refractivity contribution in [2.45, 2.75) is 47.2 Å². The van der Waals surface area contributed by atoms with Gasteiger partial charge in [0.05, 0.1) is 0 Å². The van der Waals surface area contributed by atoms with Gasteiger partial charge in [-0.15, -0.1) is 0 Å². The summed E-state index contributed by atoms with van der Waals surface area (Å²) < 4.78 is 258. The first-order valence-electron chi connectivity index (χ1n) is 6.48. The van der Waals surface area contributed by atoms with Crippen molar-refractivity contribution in [1.82, 2.24) is 0 Å². The van der Waals surface area contributed by atoms with E-state index in [0.29, 0.717) is 0 Å². The number of rotatable bonds is 8. The van der Waals surface area contributed by atoms with E-state index in [4.69, 9.17) is 4.55 Å². The summed E-state index contributed by atoms with van der Waals surface area (Å²) in [5.74, 6) is -50.5. The Morgan fingerprint density at radius 3 is 1.28 bits per heavy atom. The molecule has 22 heteroatoms. The monoisotopic (exact) mass is 544 g/mol. The first-order valence-corrected chi connectivity index (χ1v) is 7.92. The summed E-state index contributed by atoms with van der Waals surface area (Å²) in [7, 11) is -7.84. The highest BCUT2D eigenvalue weighted by atomic mass is 32.2. The average Bonchev–Trinajstić information content (AvgIpc) is 2.56. The lowest BCUT2D eigenvalue weighted by molar-refractivity contribution is -0.395. The van der Waals surface area contributed by atoms with Crippen molar-refractivity contribution in [3.05, 3.63) is 11.7 Å². The molecule has 192 valence electrons. The molecule has 1 N–H and O–H groups in total. The van der Waals surface area contributed by atoms with E-state index in [0.717, 1.165) is 0 Å². The van der Waals surface area contributed by atoms with Crippen LogP contribution in [0.1, 0.15) is 0 Å². The lowest BCUT2D eigenvalue weighted by Crippen LogP contribution is -2.70. The Kier molecular flexibility index (Phi) is 7.33. The van der Waals surface area contributed by atoms with Gasteiger partial charge in [0.25, 0.3) is 0 Å². The van der Waals surface area contributed by atoms with Crippen LogP contribution in [0.4, 0.5) is 79.0 Å². The molecule has 0 aromatic heterocycles. The normalized spacial score (nSPS) is 17.8. The lowest BCUT2D eigenvalue weighted by Gasteiger charge is -2.39. The summed E-state index contributed by atoms with van der Waals surface area (Å²) >= 11 is 0. The zero-order valence-corrected chi connectivity index (χ0v) is 14.4. The van der Waals surface area contributed by atoms with E-state index < -0.39 is 69.0 Å². The van der Waals surface area contributed by atoms with Crippen molar-refractivity contribution in [1.29, 1.82) is 0 Å². The predicted octanol–water partition coefficient (Wildman–Crippen LogP) is 5.69. The van der Waals surface area contributed by atoms with E-state index >= 15 is 0 Å². The molecule has 0 aromatic carbocycles. The Morgan fingerprint density at radius 2 is 1.00 bits per heavy atom. The van der Waals surface area contributed by atoms with Gasteiger partial charge in [-0.25, -0.2) is 13.2 Å². The number of halogens is 18. The van der Waals surface area contributed by atoms with Gasteiger partial charge in [0.1, 0.15) is 0 Å². The topological polar surface area (TPSA) is 54.4 Å². The van der Waals surface area contributed by atoms with Crippen LogP contribution in [0, 0.1) is 0 Å². The van der Waals surface area contributed by atoms with Crippen LogP contribution in [0.25, 0.3) is 0 Å². The number of alkyl halides is 16. The fraction of sp³-hybridized carbons (Fsp3) is 0.800. The Balaban J connectivity index is 6.79. The van der Waals surface area contributed by atoms with Crippen molar-refractivity contribution in [3.63, 3.8) is 0 Å². The van der Waals surface area contributed by atoms with Gasteiger partial charge in [0.15, 0.2) is 5.83 Å². The van der Waals surface area contributed by atoms with Gasteiger partial charge >= 0.3 is 51.2 Å². The maximum Gasteiger partial charge on any atom is 0.460 e. The highest BCUT2D eigenvalue weighted by Crippen LogP contribution is 2.59. The second-order valence-electron chi connectivity index (χ2n) is 5.43. The zero-order chi connectivity index (χ0) is 26.7. The average molecular weight is 544 g/mol. The molecule has 0 aliphatic heterocycles. The van der Waals surface area contributed by atoms with Crippen LogP contribution in [-0.4, -0.2) is 60.2 Å². The fourth-order valence-electron chi connectivity index (χ4n) is 1.46. The van der Waals surface area contributed by atoms with E-state index in [2.05, 4.69) is 0 Å². The summed E-state index contributed by atoms with van der Waals surface area (Å²) in [6, 6.07) is 0. The molecule has 3 nitrogen and oxygen atoms in total. The van der Waals surface area contributed by atoms with Gasteiger partial charge in [-0.05, 0) is 0 Å². The third kappa shape index (κ3) is 4.06. The highest BCUT2D eigenvalue weighted by molar-refractivity contribution is 7.87. The van der Waals surface area contributed by atoms with Crippen molar-refractivity contribution < 1.29 is 92.0 Å². The molecule has 32 heavy (non-hydrogen) atoms. The standard InChI is InChI=1S/C10H2F18O3S/c11-1(3(13)5(16,17)9(24,25)26)2(12)4(14,15)6(18,19)7(20,21)8(22,23)10(27,28)32(29,30)31/h2H,(H,29,30,31)/b3-1+. The molecule has 0 amide bonds. The van der Waals surface area contributed by atoms with Gasteiger partial charge < -0.3 is 0 Å². The first-order chi connectivity index (χ1) is 13.5. The minimum absolute atomic E-state index is 4.89. The molecule has 0 aliphatic carbocycles. The zero-order valence-electron chi connectivity index (χ0n) is 13.6. The summed E-state index contributed by atoms with van der Waals surface area (Å²) in [5, 5.41) is -7.75. The molecule has 1 unspecified atom stereocenters. The quantitative estimate of drug-likeness (QED) is 0.316. The highest BCUT2D eigenvalue weighted by Gasteiger charge is 2.90. The van der Waals surface area contributed by atoms with E-state index in [1.165, 1.54) is 0 Å². The molecule has 0 bridgehead atoms. The summed E-state index contributed by atoms with van der Waals surface area (Å²) in [5.41, 5.74) is 0. The van der Waals surface area contributed by atoms with Crippen LogP contribution in [0.3, 0.4) is 0 Å². The van der Waals surface area contributed by atoms with Crippen LogP contribution >= 0.6 is 0 Å². The van der Waals surface area contributed by atoms with Crippen LogP contribution in [-0.2, 0) is 10.1 Å². The van der Waals surface area contributed by atoms with Crippen LogP contribution < -0.4 is 0 Å². The third-order valence-corrected chi connectivity index (χ3v) is 4.18. The van der Waals surface area contributed by atoms with Crippen LogP contribution in [0.15, 0.2) is 11.7 Å². The van der Waals surface area contributed by atoms with Crippen LogP contribution in [0.5, 0.6) is 0 Å². The van der Waals surface area contributed by atoms with Crippen molar-refractivity contribution in [2.24, 2.45) is 0 Å². The van der Waals surface area contributed by atoms with Gasteiger partial charge in [-0.1, -0.05) is 0 Å². The molecular weight excluding hydrogens is 542 g/mol. The number of hydrogen-bond donors (Lipinski definition) is 1. The minimum Gasteiger partial charge on any atom is -0.281 e. The molecule has 0 saturated carbocycles. The molecule has 0 fully saturated rings. The molecular formula is C10H2F18O3S. The van der Waals surface area contributed by atoms with Crippen molar-refractivity contribution >= 4 is 10.1 Å². The van der Waals surface area contributed by atoms with Gasteiger partial charge in [-0.2, -0.15) is 74.3 Å². The Bertz CT molecular complexity index is 853. The minimum atomic E-state index is -8.53. The van der Waals surface area contributed by atoms with Crippen LogP contribution in [0.2, 0.25) is 0 Å². The Labute approximate surface area is 162 Å². The SMILES string of the molecule is O=S(=O)(O)C(F)(F)C(F)(F)C(F)(F)C(F)(F)C(F)(F)C(F)/C(F)=C(\F)C(F)(F)C(F)(F)F. The molecule has 0 rings (SSSR count). The second-order valence-corrected chi connectivity index (χ2v) is 6.90. The molecule has 0 spiro atoms. The van der Waals surface area contributed by atoms with Gasteiger partial charge in [0, 0.05) is 0 Å². The molecule has 0 aliphatic rings. The predicted molar refractivity (Wildman–Crippen MR) is 61.4 cm³/mol. The number of hydrogen-bond acceptors (Lipinski definition) is 2. The smallest absolute Gasteiger partial charge is 0.281 e. The maximum absolute atomic E-state index is 13.2. The van der Waals surface area contributed by atoms with Gasteiger partial charge in [-0.3, -0.25) is 4.55 Å². The maximum atomic E-state index is 13.2. The van der Waals surface area contributed by atoms with E-state index in [1.807, 2.05) is 0 Å². The summed E-state index contributed by atoms with van der Waals surface area (Å²) in [6.45, 7) is 0. The first kappa shape index (κ1) is 30.4. The summed E-state index contributed by atoms with van der Waals surface area (Å²) in [6.07, 6.45) is -13.7. The van der Waals surface area contributed by atoms with Crippen molar-refractivity contribution in [3.8, 4) is 0 Å². The largest absolute Gasteiger partial charge is 0.460 e. The molecule has 1 atom stereocenters. The molecule has 0 aromatic rings. The Morgan fingerprint density at radius 1 is 0.656 bits per heavy atom. The van der Waals surface area contributed by atoms with E-state index in [-0.39, 0.29) is 0 Å². The fourth-order valence-corrected chi connectivity index (χ4v) is 1.91. The van der Waals surface area contributed by atoms with E-state index in [1.54, 1.807) is 0 Å². The molecule has 0 saturated heterocycles. The lowest BCUT2D eigenvalue weighted by atomic mass is 9.94. The molecule has 0 heterocycles.